The van der Waals surface area contributed by atoms with Crippen molar-refractivity contribution in [2.75, 3.05) is 0 Å². The van der Waals surface area contributed by atoms with E-state index in [0.717, 1.165) is 23.2 Å². The van der Waals surface area contributed by atoms with Gasteiger partial charge in [0.05, 0.1) is 5.69 Å². The third-order valence-corrected chi connectivity index (χ3v) is 3.94. The van der Waals surface area contributed by atoms with Crippen LogP contribution in [0.3, 0.4) is 0 Å². The smallest absolute Gasteiger partial charge is 0.339 e. The molecule has 4 nitrogen and oxygen atoms in total. The number of aromatic carboxylic acids is 1. The number of rotatable bonds is 4. The van der Waals surface area contributed by atoms with Crippen LogP contribution in [0.5, 0.6) is 0 Å². The maximum atomic E-state index is 11.6. The fraction of sp³-hybridized carbons (Fsp3) is 0.158. The molecule has 2 aromatic carbocycles. The average molecular weight is 306 g/mol. The molecular weight excluding hydrogens is 288 g/mol. The molecule has 1 N–H and O–H groups in total. The van der Waals surface area contributed by atoms with Crippen molar-refractivity contribution in [3.05, 3.63) is 71.4 Å². The largest absolute Gasteiger partial charge is 0.478 e. The molecular formula is C19H18N2O2. The van der Waals surface area contributed by atoms with Crippen molar-refractivity contribution in [1.82, 2.24) is 9.78 Å². The van der Waals surface area contributed by atoms with Gasteiger partial charge in [0.25, 0.3) is 0 Å². The van der Waals surface area contributed by atoms with E-state index in [0.29, 0.717) is 5.69 Å². The highest BCUT2D eigenvalue weighted by molar-refractivity contribution is 5.94. The molecule has 23 heavy (non-hydrogen) atoms. The Hall–Kier alpha value is -2.88. The molecule has 0 aliphatic carbocycles. The summed E-state index contributed by atoms with van der Waals surface area (Å²) in [5.74, 6) is -0.973. The van der Waals surface area contributed by atoms with Crippen molar-refractivity contribution in [2.24, 2.45) is 0 Å². The zero-order chi connectivity index (χ0) is 16.4. The van der Waals surface area contributed by atoms with Crippen molar-refractivity contribution in [3.63, 3.8) is 0 Å². The predicted molar refractivity (Wildman–Crippen MR) is 90.1 cm³/mol. The summed E-state index contributed by atoms with van der Waals surface area (Å²) >= 11 is 0. The minimum atomic E-state index is -0.973. The topological polar surface area (TPSA) is 55.1 Å². The van der Waals surface area contributed by atoms with Crippen molar-refractivity contribution in [3.8, 4) is 16.9 Å². The second-order valence-corrected chi connectivity index (χ2v) is 5.48. The molecule has 0 spiro atoms. The number of hydrogen-bond donors (Lipinski definition) is 1. The predicted octanol–water partition coefficient (Wildman–Crippen LogP) is 4.11. The molecule has 0 saturated carbocycles. The lowest BCUT2D eigenvalue weighted by molar-refractivity contribution is 0.0697. The molecule has 0 aliphatic rings. The molecule has 0 saturated heterocycles. The van der Waals surface area contributed by atoms with Gasteiger partial charge in [-0.05, 0) is 30.5 Å². The maximum absolute atomic E-state index is 11.6. The zero-order valence-corrected chi connectivity index (χ0v) is 13.2. The first-order chi connectivity index (χ1) is 11.1. The summed E-state index contributed by atoms with van der Waals surface area (Å²) in [5, 5.41) is 14.0. The fourth-order valence-electron chi connectivity index (χ4n) is 2.59. The molecule has 3 rings (SSSR count). The first-order valence-corrected chi connectivity index (χ1v) is 7.58. The Kier molecular flexibility index (Phi) is 3.98. The number of aryl methyl sites for hydroxylation is 2. The van der Waals surface area contributed by atoms with E-state index in [4.69, 9.17) is 0 Å². The standard InChI is InChI=1S/C19H18N2O2/c1-3-14-8-10-15(11-9-14)18-16(19(22)23)12-21(20-18)17-7-5-4-6-13(17)2/h4-12H,3H2,1-2H3,(H,22,23). The third kappa shape index (κ3) is 2.88. The van der Waals surface area contributed by atoms with Gasteiger partial charge in [-0.15, -0.1) is 0 Å². The van der Waals surface area contributed by atoms with Crippen molar-refractivity contribution in [1.29, 1.82) is 0 Å². The second kappa shape index (κ2) is 6.08. The summed E-state index contributed by atoms with van der Waals surface area (Å²) in [5.41, 5.74) is 4.64. The number of benzene rings is 2. The minimum absolute atomic E-state index is 0.206. The van der Waals surface area contributed by atoms with Crippen LogP contribution < -0.4 is 0 Å². The summed E-state index contributed by atoms with van der Waals surface area (Å²) in [6, 6.07) is 15.6. The minimum Gasteiger partial charge on any atom is -0.478 e. The van der Waals surface area contributed by atoms with E-state index in [1.807, 2.05) is 55.5 Å². The molecule has 0 aliphatic heterocycles. The Balaban J connectivity index is 2.13. The first-order valence-electron chi connectivity index (χ1n) is 7.58. The Labute approximate surface area is 135 Å². The van der Waals surface area contributed by atoms with Crippen LogP contribution in [0.2, 0.25) is 0 Å². The molecule has 0 amide bonds. The van der Waals surface area contributed by atoms with Gasteiger partial charge >= 0.3 is 5.97 Å². The first kappa shape index (κ1) is 15.0. The van der Waals surface area contributed by atoms with Crippen molar-refractivity contribution < 1.29 is 9.90 Å². The van der Waals surface area contributed by atoms with Crippen LogP contribution >= 0.6 is 0 Å². The molecule has 0 radical (unpaired) electrons. The monoisotopic (exact) mass is 306 g/mol. The van der Waals surface area contributed by atoms with Crippen molar-refractivity contribution in [2.45, 2.75) is 20.3 Å². The summed E-state index contributed by atoms with van der Waals surface area (Å²) < 4.78 is 1.64. The van der Waals surface area contributed by atoms with Gasteiger partial charge < -0.3 is 5.11 Å². The van der Waals surface area contributed by atoms with E-state index in [2.05, 4.69) is 12.0 Å². The Morgan fingerprint density at radius 1 is 1.13 bits per heavy atom. The van der Waals surface area contributed by atoms with Gasteiger partial charge in [0.15, 0.2) is 0 Å². The molecule has 116 valence electrons. The van der Waals surface area contributed by atoms with Crippen LogP contribution in [0.4, 0.5) is 0 Å². The number of hydrogen-bond acceptors (Lipinski definition) is 2. The highest BCUT2D eigenvalue weighted by atomic mass is 16.4. The van der Waals surface area contributed by atoms with E-state index >= 15 is 0 Å². The number of carboxylic acids is 1. The lowest BCUT2D eigenvalue weighted by Gasteiger charge is -2.04. The van der Waals surface area contributed by atoms with E-state index in [9.17, 15) is 9.90 Å². The summed E-state index contributed by atoms with van der Waals surface area (Å²) in [6.07, 6.45) is 2.53. The third-order valence-electron chi connectivity index (χ3n) is 3.94. The summed E-state index contributed by atoms with van der Waals surface area (Å²) in [4.78, 5) is 11.6. The van der Waals surface area contributed by atoms with Crippen LogP contribution in [0.15, 0.2) is 54.7 Å². The number of carbonyl (C=O) groups is 1. The highest BCUT2D eigenvalue weighted by Gasteiger charge is 2.18. The van der Waals surface area contributed by atoms with Gasteiger partial charge in [0.2, 0.25) is 0 Å². The van der Waals surface area contributed by atoms with E-state index in [-0.39, 0.29) is 5.56 Å². The molecule has 1 aromatic heterocycles. The van der Waals surface area contributed by atoms with E-state index in [1.165, 1.54) is 5.56 Å². The van der Waals surface area contributed by atoms with Gasteiger partial charge in [-0.1, -0.05) is 49.4 Å². The quantitative estimate of drug-likeness (QED) is 0.789. The number of nitrogens with zero attached hydrogens (tertiary/aromatic N) is 2. The van der Waals surface area contributed by atoms with E-state index in [1.54, 1.807) is 10.9 Å². The maximum Gasteiger partial charge on any atom is 0.339 e. The molecule has 1 heterocycles. The number of aromatic nitrogens is 2. The van der Waals surface area contributed by atoms with Crippen LogP contribution in [-0.4, -0.2) is 20.9 Å². The lowest BCUT2D eigenvalue weighted by Crippen LogP contribution is -1.97. The lowest BCUT2D eigenvalue weighted by atomic mass is 10.1. The summed E-state index contributed by atoms with van der Waals surface area (Å²) in [6.45, 7) is 4.07. The molecule has 0 unspecified atom stereocenters. The highest BCUT2D eigenvalue weighted by Crippen LogP contribution is 2.25. The van der Waals surface area contributed by atoms with E-state index < -0.39 is 5.97 Å². The molecule has 0 fully saturated rings. The molecule has 3 aromatic rings. The van der Waals surface area contributed by atoms with Gasteiger partial charge in [0, 0.05) is 11.8 Å². The summed E-state index contributed by atoms with van der Waals surface area (Å²) in [7, 11) is 0. The van der Waals surface area contributed by atoms with Crippen LogP contribution in [0.1, 0.15) is 28.4 Å². The van der Waals surface area contributed by atoms with Gasteiger partial charge in [-0.3, -0.25) is 0 Å². The molecule has 0 atom stereocenters. The van der Waals surface area contributed by atoms with Crippen molar-refractivity contribution >= 4 is 5.97 Å². The van der Waals surface area contributed by atoms with Gasteiger partial charge in [0.1, 0.15) is 11.3 Å². The Morgan fingerprint density at radius 3 is 2.43 bits per heavy atom. The SMILES string of the molecule is CCc1ccc(-c2nn(-c3ccccc3C)cc2C(=O)O)cc1. The normalized spacial score (nSPS) is 10.7. The van der Waals surface area contributed by atoms with Gasteiger partial charge in [-0.2, -0.15) is 5.10 Å². The van der Waals surface area contributed by atoms with Crippen LogP contribution in [0.25, 0.3) is 16.9 Å². The van der Waals surface area contributed by atoms with Crippen LogP contribution in [-0.2, 0) is 6.42 Å². The Bertz CT molecular complexity index is 848. The molecule has 4 heteroatoms. The van der Waals surface area contributed by atoms with Gasteiger partial charge in [-0.25, -0.2) is 9.48 Å². The molecule has 0 bridgehead atoms. The number of carboxylic acid groups (broad SMARTS) is 1. The fourth-order valence-corrected chi connectivity index (χ4v) is 2.59. The average Bonchev–Trinajstić information content (AvgIpc) is 3.01. The Morgan fingerprint density at radius 2 is 1.83 bits per heavy atom. The van der Waals surface area contributed by atoms with Crippen LogP contribution in [0, 0.1) is 6.92 Å². The number of para-hydroxylation sites is 1. The second-order valence-electron chi connectivity index (χ2n) is 5.48. The zero-order valence-electron chi connectivity index (χ0n) is 13.2.